The summed E-state index contributed by atoms with van der Waals surface area (Å²) in [4.78, 5) is 1.38. The van der Waals surface area contributed by atoms with Crippen LogP contribution in [0.15, 0.2) is 9.85 Å². The topological polar surface area (TPSA) is 12.0 Å². The monoisotopic (exact) mass is 349 g/mol. The van der Waals surface area contributed by atoms with Gasteiger partial charge in [-0.2, -0.15) is 0 Å². The summed E-state index contributed by atoms with van der Waals surface area (Å²) in [5, 5.41) is 4.50. The number of rotatable bonds is 4. The van der Waals surface area contributed by atoms with Crippen molar-refractivity contribution in [3.63, 3.8) is 0 Å². The average molecular weight is 351 g/mol. The lowest BCUT2D eigenvalue weighted by Crippen LogP contribution is -2.30. The number of nitrogens with one attached hydrogen (secondary N) is 1. The van der Waals surface area contributed by atoms with Gasteiger partial charge in [-0.25, -0.2) is 0 Å². The molecule has 1 fully saturated rings. The molecular weight excluding hydrogens is 330 g/mol. The Balaban J connectivity index is 2.12. The standard InChI is InChI=1S/C14H21BrClNS/c1-3-17-13(10-6-4-9(2)5-7-10)12-8-11(16)14(15)18-12/h8-10,13,17H,3-7H2,1-2H3. The molecule has 1 atom stereocenters. The quantitative estimate of drug-likeness (QED) is 0.741. The maximum Gasteiger partial charge on any atom is 0.0887 e. The fraction of sp³-hybridized carbons (Fsp3) is 0.714. The molecule has 1 heterocycles. The van der Waals surface area contributed by atoms with Crippen LogP contribution in [-0.2, 0) is 0 Å². The van der Waals surface area contributed by atoms with E-state index < -0.39 is 0 Å². The lowest BCUT2D eigenvalue weighted by molar-refractivity contribution is 0.235. The van der Waals surface area contributed by atoms with Gasteiger partial charge in [-0.1, -0.05) is 38.3 Å². The van der Waals surface area contributed by atoms with Crippen molar-refractivity contribution in [2.24, 2.45) is 11.8 Å². The summed E-state index contributed by atoms with van der Waals surface area (Å²) >= 11 is 11.5. The molecular formula is C14H21BrClNS. The zero-order valence-corrected chi connectivity index (χ0v) is 14.2. The van der Waals surface area contributed by atoms with E-state index in [1.165, 1.54) is 30.6 Å². The number of hydrogen-bond acceptors (Lipinski definition) is 2. The van der Waals surface area contributed by atoms with Crippen LogP contribution in [0, 0.1) is 11.8 Å². The van der Waals surface area contributed by atoms with Crippen molar-refractivity contribution in [1.82, 2.24) is 5.32 Å². The van der Waals surface area contributed by atoms with Crippen molar-refractivity contribution in [1.29, 1.82) is 0 Å². The largest absolute Gasteiger partial charge is 0.309 e. The minimum Gasteiger partial charge on any atom is -0.309 e. The third-order valence-electron chi connectivity index (χ3n) is 3.93. The Morgan fingerprint density at radius 1 is 1.44 bits per heavy atom. The number of halogens is 2. The van der Waals surface area contributed by atoms with Crippen LogP contribution in [0.25, 0.3) is 0 Å². The summed E-state index contributed by atoms with van der Waals surface area (Å²) in [7, 11) is 0. The molecule has 1 aromatic rings. The Bertz CT molecular complexity index is 366. The van der Waals surface area contributed by atoms with Gasteiger partial charge in [0.05, 0.1) is 8.81 Å². The van der Waals surface area contributed by atoms with Gasteiger partial charge in [-0.3, -0.25) is 0 Å². The van der Waals surface area contributed by atoms with Gasteiger partial charge in [0, 0.05) is 10.9 Å². The molecule has 0 spiro atoms. The first-order valence-electron chi connectivity index (χ1n) is 6.80. The molecule has 1 saturated carbocycles. The molecule has 0 saturated heterocycles. The van der Waals surface area contributed by atoms with Crippen molar-refractivity contribution < 1.29 is 0 Å². The van der Waals surface area contributed by atoms with Crippen molar-refractivity contribution in [3.05, 3.63) is 19.8 Å². The van der Waals surface area contributed by atoms with Crippen LogP contribution >= 0.6 is 38.9 Å². The summed E-state index contributed by atoms with van der Waals surface area (Å²) in [5.74, 6) is 1.67. The number of hydrogen-bond donors (Lipinski definition) is 1. The highest BCUT2D eigenvalue weighted by Gasteiger charge is 2.28. The van der Waals surface area contributed by atoms with Gasteiger partial charge in [0.25, 0.3) is 0 Å². The smallest absolute Gasteiger partial charge is 0.0887 e. The normalized spacial score (nSPS) is 26.2. The maximum atomic E-state index is 6.17. The molecule has 1 unspecified atom stereocenters. The van der Waals surface area contributed by atoms with Gasteiger partial charge < -0.3 is 5.32 Å². The van der Waals surface area contributed by atoms with Crippen LogP contribution in [-0.4, -0.2) is 6.54 Å². The zero-order chi connectivity index (χ0) is 13.1. The minimum absolute atomic E-state index is 0.483. The van der Waals surface area contributed by atoms with Crippen molar-refractivity contribution in [3.8, 4) is 0 Å². The maximum absolute atomic E-state index is 6.17. The zero-order valence-electron chi connectivity index (χ0n) is 11.0. The van der Waals surface area contributed by atoms with E-state index in [1.54, 1.807) is 11.3 Å². The van der Waals surface area contributed by atoms with Crippen LogP contribution in [0.2, 0.25) is 5.02 Å². The van der Waals surface area contributed by atoms with Crippen molar-refractivity contribution >= 4 is 38.9 Å². The highest BCUT2D eigenvalue weighted by atomic mass is 79.9. The SMILES string of the molecule is CCNC(c1cc(Cl)c(Br)s1)C1CCC(C)CC1. The first-order valence-corrected chi connectivity index (χ1v) is 8.78. The summed E-state index contributed by atoms with van der Waals surface area (Å²) < 4.78 is 1.06. The molecule has 1 nitrogen and oxygen atoms in total. The molecule has 1 N–H and O–H groups in total. The van der Waals surface area contributed by atoms with Gasteiger partial charge in [0.15, 0.2) is 0 Å². The molecule has 1 aromatic heterocycles. The lowest BCUT2D eigenvalue weighted by Gasteiger charge is -2.32. The van der Waals surface area contributed by atoms with Gasteiger partial charge in [-0.05, 0) is 53.2 Å². The second-order valence-corrected chi connectivity index (χ2v) is 8.13. The van der Waals surface area contributed by atoms with Crippen molar-refractivity contribution in [2.45, 2.75) is 45.6 Å². The van der Waals surface area contributed by atoms with E-state index in [1.807, 2.05) is 0 Å². The Labute approximate surface area is 127 Å². The average Bonchev–Trinajstić information content (AvgIpc) is 2.68. The fourth-order valence-electron chi connectivity index (χ4n) is 2.86. The van der Waals surface area contributed by atoms with E-state index in [4.69, 9.17) is 11.6 Å². The predicted octanol–water partition coefficient (Wildman–Crippen LogP) is 5.64. The molecule has 18 heavy (non-hydrogen) atoms. The first-order chi connectivity index (χ1) is 8.61. The third-order valence-corrected chi connectivity index (χ3v) is 6.48. The second kappa shape index (κ2) is 6.74. The molecule has 0 amide bonds. The van der Waals surface area contributed by atoms with Gasteiger partial charge in [0.2, 0.25) is 0 Å². The van der Waals surface area contributed by atoms with E-state index >= 15 is 0 Å². The third kappa shape index (κ3) is 3.50. The molecule has 4 heteroatoms. The number of thiophene rings is 1. The Hall–Kier alpha value is 0.430. The van der Waals surface area contributed by atoms with Crippen LogP contribution in [0.5, 0.6) is 0 Å². The minimum atomic E-state index is 0.483. The second-order valence-electron chi connectivity index (χ2n) is 5.33. The van der Waals surface area contributed by atoms with E-state index in [2.05, 4.69) is 41.2 Å². The molecule has 0 aromatic carbocycles. The fourth-order valence-corrected chi connectivity index (χ4v) is 4.77. The molecule has 0 aliphatic heterocycles. The molecule has 1 aliphatic carbocycles. The van der Waals surface area contributed by atoms with Gasteiger partial charge in [-0.15, -0.1) is 11.3 Å². The molecule has 0 radical (unpaired) electrons. The van der Waals surface area contributed by atoms with Gasteiger partial charge in [0.1, 0.15) is 0 Å². The summed E-state index contributed by atoms with van der Waals surface area (Å²) in [5.41, 5.74) is 0. The summed E-state index contributed by atoms with van der Waals surface area (Å²) in [6, 6.07) is 2.61. The lowest BCUT2D eigenvalue weighted by atomic mass is 9.79. The molecule has 0 bridgehead atoms. The molecule has 2 rings (SSSR count). The van der Waals surface area contributed by atoms with Crippen LogP contribution in [0.1, 0.15) is 50.4 Å². The van der Waals surface area contributed by atoms with E-state index in [-0.39, 0.29) is 0 Å². The van der Waals surface area contributed by atoms with Gasteiger partial charge >= 0.3 is 0 Å². The molecule has 1 aliphatic rings. The Morgan fingerprint density at radius 3 is 2.61 bits per heavy atom. The Kier molecular flexibility index (Phi) is 5.55. The van der Waals surface area contributed by atoms with E-state index in [0.29, 0.717) is 6.04 Å². The summed E-state index contributed by atoms with van der Waals surface area (Å²) in [6.45, 7) is 5.57. The highest BCUT2D eigenvalue weighted by Crippen LogP contribution is 2.42. The predicted molar refractivity (Wildman–Crippen MR) is 84.6 cm³/mol. The van der Waals surface area contributed by atoms with Crippen LogP contribution < -0.4 is 5.32 Å². The Morgan fingerprint density at radius 2 is 2.11 bits per heavy atom. The molecule has 102 valence electrons. The van der Waals surface area contributed by atoms with Crippen LogP contribution in [0.3, 0.4) is 0 Å². The first kappa shape index (κ1) is 14.8. The van der Waals surface area contributed by atoms with Crippen molar-refractivity contribution in [2.75, 3.05) is 6.54 Å². The summed E-state index contributed by atoms with van der Waals surface area (Å²) in [6.07, 6.45) is 5.41. The van der Waals surface area contributed by atoms with E-state index in [0.717, 1.165) is 27.2 Å². The van der Waals surface area contributed by atoms with E-state index in [9.17, 15) is 0 Å². The van der Waals surface area contributed by atoms with Crippen LogP contribution in [0.4, 0.5) is 0 Å². The highest BCUT2D eigenvalue weighted by molar-refractivity contribution is 9.11.